The molecule has 0 aromatic heterocycles. The van der Waals surface area contributed by atoms with Crippen LogP contribution in [-0.4, -0.2) is 35.3 Å². The van der Waals surface area contributed by atoms with E-state index < -0.39 is 11.5 Å². The van der Waals surface area contributed by atoms with Crippen LogP contribution in [0.5, 0.6) is 0 Å². The van der Waals surface area contributed by atoms with Crippen LogP contribution in [0.4, 0.5) is 5.69 Å². The molecule has 3 amide bonds. The lowest BCUT2D eigenvalue weighted by molar-refractivity contribution is -0.158. The Morgan fingerprint density at radius 2 is 1.93 bits per heavy atom. The Morgan fingerprint density at radius 3 is 2.64 bits per heavy atom. The van der Waals surface area contributed by atoms with Gasteiger partial charge in [-0.2, -0.15) is 11.8 Å². The fourth-order valence-corrected chi connectivity index (χ4v) is 6.26. The van der Waals surface area contributed by atoms with Crippen LogP contribution in [0.2, 0.25) is 0 Å². The van der Waals surface area contributed by atoms with E-state index in [-0.39, 0.29) is 35.6 Å². The molecule has 0 saturated carbocycles. The minimum absolute atomic E-state index is 0.163. The van der Waals surface area contributed by atoms with Crippen molar-refractivity contribution in [2.45, 2.75) is 38.3 Å². The lowest BCUT2D eigenvalue weighted by Crippen LogP contribution is -2.74. The second-order valence-electron chi connectivity index (χ2n) is 7.62. The molecule has 5 unspecified atom stereocenters. The van der Waals surface area contributed by atoms with Crippen LogP contribution >= 0.6 is 27.7 Å². The van der Waals surface area contributed by atoms with Gasteiger partial charge in [0.2, 0.25) is 17.7 Å². The first-order valence-electron chi connectivity index (χ1n) is 9.75. The van der Waals surface area contributed by atoms with Crippen LogP contribution in [-0.2, 0) is 19.9 Å². The third kappa shape index (κ3) is 2.83. The summed E-state index contributed by atoms with van der Waals surface area (Å²) in [5, 5.41) is 9.05. The molecule has 0 aliphatic carbocycles. The fraction of sp³-hybridized carbons (Fsp3) is 0.550. The van der Waals surface area contributed by atoms with Gasteiger partial charge >= 0.3 is 0 Å². The Balaban J connectivity index is 1.85. The van der Waals surface area contributed by atoms with Gasteiger partial charge in [0.05, 0.1) is 11.8 Å². The van der Waals surface area contributed by atoms with Gasteiger partial charge in [-0.05, 0) is 42.0 Å². The van der Waals surface area contributed by atoms with Crippen molar-refractivity contribution in [1.82, 2.24) is 10.6 Å². The fourth-order valence-electron chi connectivity index (χ4n) is 5.19. The molecule has 6 nitrogen and oxygen atoms in total. The molecule has 3 heterocycles. The summed E-state index contributed by atoms with van der Waals surface area (Å²) in [6.07, 6.45) is 1.44. The van der Waals surface area contributed by atoms with E-state index in [1.807, 2.05) is 36.9 Å². The molecule has 1 spiro atoms. The molecule has 5 atom stereocenters. The maximum absolute atomic E-state index is 13.3. The molecule has 1 aromatic carbocycles. The summed E-state index contributed by atoms with van der Waals surface area (Å²) in [4.78, 5) is 39.0. The maximum Gasteiger partial charge on any atom is 0.250 e. The van der Waals surface area contributed by atoms with Gasteiger partial charge in [-0.3, -0.25) is 25.0 Å². The van der Waals surface area contributed by atoms with Crippen molar-refractivity contribution in [3.63, 3.8) is 0 Å². The Bertz CT molecular complexity index is 848. The van der Waals surface area contributed by atoms with Gasteiger partial charge in [0.15, 0.2) is 0 Å². The van der Waals surface area contributed by atoms with Gasteiger partial charge in [-0.25, -0.2) is 0 Å². The number of benzene rings is 1. The third-order valence-electron chi connectivity index (χ3n) is 6.30. The van der Waals surface area contributed by atoms with Crippen molar-refractivity contribution in [3.8, 4) is 0 Å². The summed E-state index contributed by atoms with van der Waals surface area (Å²) < 4.78 is 0.851. The number of piperidine rings is 2. The molecule has 0 radical (unpaired) electrons. The molecule has 3 aliphatic rings. The van der Waals surface area contributed by atoms with E-state index in [0.717, 1.165) is 33.7 Å². The zero-order chi connectivity index (χ0) is 20.1. The molecule has 150 valence electrons. The van der Waals surface area contributed by atoms with E-state index in [1.54, 1.807) is 0 Å². The first-order chi connectivity index (χ1) is 13.4. The van der Waals surface area contributed by atoms with E-state index in [1.165, 1.54) is 0 Å². The number of nitrogens with one attached hydrogen (secondary N) is 3. The number of rotatable bonds is 5. The molecule has 4 rings (SSSR count). The van der Waals surface area contributed by atoms with Crippen molar-refractivity contribution >= 4 is 51.1 Å². The number of carbonyl (C=O) groups excluding carboxylic acids is 3. The summed E-state index contributed by atoms with van der Waals surface area (Å²) in [6, 6.07) is 5.48. The lowest BCUT2D eigenvalue weighted by Gasteiger charge is -2.53. The predicted molar refractivity (Wildman–Crippen MR) is 113 cm³/mol. The van der Waals surface area contributed by atoms with Crippen LogP contribution < -0.4 is 16.0 Å². The number of imide groups is 1. The lowest BCUT2D eigenvalue weighted by atomic mass is 9.59. The monoisotopic (exact) mass is 465 g/mol. The van der Waals surface area contributed by atoms with E-state index in [2.05, 4.69) is 38.8 Å². The first-order valence-corrected chi connectivity index (χ1v) is 11.7. The minimum atomic E-state index is -1.15. The normalized spacial score (nSPS) is 33.6. The van der Waals surface area contributed by atoms with Crippen LogP contribution in [0.1, 0.15) is 32.3 Å². The van der Waals surface area contributed by atoms with E-state index in [9.17, 15) is 14.4 Å². The van der Waals surface area contributed by atoms with Crippen molar-refractivity contribution in [2.75, 3.05) is 16.8 Å². The van der Waals surface area contributed by atoms with Gasteiger partial charge in [-0.15, -0.1) is 0 Å². The largest absolute Gasteiger partial charge is 0.324 e. The van der Waals surface area contributed by atoms with Crippen LogP contribution in [0.15, 0.2) is 22.7 Å². The quantitative estimate of drug-likeness (QED) is 0.459. The number of anilines is 1. The number of halogens is 1. The smallest absolute Gasteiger partial charge is 0.250 e. The Hall–Kier alpha value is -1.38. The number of amides is 3. The Labute approximate surface area is 177 Å². The molecular weight excluding hydrogens is 442 g/mol. The SMILES string of the molecule is CCSCCC1NC2(C(=O)Nc3ccc(Br)cc32)C2C(=O)NC(=O)C1C2CC. The van der Waals surface area contributed by atoms with Gasteiger partial charge in [0.25, 0.3) is 0 Å². The van der Waals surface area contributed by atoms with Gasteiger partial charge in [0.1, 0.15) is 5.54 Å². The number of fused-ring (bicyclic) bond motifs is 5. The molecule has 2 fully saturated rings. The zero-order valence-corrected chi connectivity index (χ0v) is 18.3. The number of carbonyl (C=O) groups is 3. The molecule has 28 heavy (non-hydrogen) atoms. The molecule has 8 heteroatoms. The van der Waals surface area contributed by atoms with Crippen LogP contribution in [0.3, 0.4) is 0 Å². The van der Waals surface area contributed by atoms with Crippen LogP contribution in [0.25, 0.3) is 0 Å². The van der Waals surface area contributed by atoms with Crippen molar-refractivity contribution in [3.05, 3.63) is 28.2 Å². The van der Waals surface area contributed by atoms with E-state index in [0.29, 0.717) is 6.42 Å². The standard InChI is InChI=1S/C20H24BrN3O3S/c1-3-11-15-14(7-8-28-4-2)24-20(16(11)18(26)23-17(15)25)12-9-10(21)5-6-13(12)22-19(20)27/h5-6,9,11,14-16,24H,3-4,7-8H2,1-2H3,(H,22,27)(H,23,25,26). The second kappa shape index (κ2) is 7.46. The van der Waals surface area contributed by atoms with Crippen LogP contribution in [0, 0.1) is 17.8 Å². The molecule has 3 N–H and O–H groups in total. The number of hydrogen-bond acceptors (Lipinski definition) is 5. The highest BCUT2D eigenvalue weighted by molar-refractivity contribution is 9.10. The molecule has 1 aromatic rings. The zero-order valence-electron chi connectivity index (χ0n) is 15.9. The molecule has 2 bridgehead atoms. The summed E-state index contributed by atoms with van der Waals surface area (Å²) in [6.45, 7) is 4.11. The molecule has 2 saturated heterocycles. The minimum Gasteiger partial charge on any atom is -0.324 e. The highest BCUT2D eigenvalue weighted by Crippen LogP contribution is 2.52. The number of hydrogen-bond donors (Lipinski definition) is 3. The average molecular weight is 466 g/mol. The van der Waals surface area contributed by atoms with Gasteiger partial charge in [-0.1, -0.05) is 36.2 Å². The summed E-state index contributed by atoms with van der Waals surface area (Å²) in [5.41, 5.74) is 0.356. The predicted octanol–water partition coefficient (Wildman–Crippen LogP) is 2.63. The highest BCUT2D eigenvalue weighted by Gasteiger charge is 2.65. The van der Waals surface area contributed by atoms with Crippen molar-refractivity contribution in [2.24, 2.45) is 17.8 Å². The second-order valence-corrected chi connectivity index (χ2v) is 9.93. The number of thioether (sulfide) groups is 1. The Morgan fingerprint density at radius 1 is 1.14 bits per heavy atom. The summed E-state index contributed by atoms with van der Waals surface area (Å²) >= 11 is 5.32. The topological polar surface area (TPSA) is 87.3 Å². The maximum atomic E-state index is 13.3. The van der Waals surface area contributed by atoms with E-state index in [4.69, 9.17) is 0 Å². The first kappa shape index (κ1) is 19.9. The van der Waals surface area contributed by atoms with E-state index >= 15 is 0 Å². The Kier molecular flexibility index (Phi) is 5.31. The third-order valence-corrected chi connectivity index (χ3v) is 7.72. The van der Waals surface area contributed by atoms with Crippen molar-refractivity contribution < 1.29 is 14.4 Å². The average Bonchev–Trinajstić information content (AvgIpc) is 2.92. The molecule has 3 aliphatic heterocycles. The summed E-state index contributed by atoms with van der Waals surface area (Å²) in [7, 11) is 0. The van der Waals surface area contributed by atoms with Crippen molar-refractivity contribution in [1.29, 1.82) is 0 Å². The summed E-state index contributed by atoms with van der Waals surface area (Å²) in [5.74, 6) is 0.0274. The van der Waals surface area contributed by atoms with Gasteiger partial charge < -0.3 is 5.32 Å². The molecular formula is C20H24BrN3O3S. The van der Waals surface area contributed by atoms with Gasteiger partial charge in [0, 0.05) is 21.8 Å². The highest BCUT2D eigenvalue weighted by atomic mass is 79.9.